The van der Waals surface area contributed by atoms with Crippen molar-refractivity contribution in [3.63, 3.8) is 0 Å². The van der Waals surface area contributed by atoms with Gasteiger partial charge in [0.15, 0.2) is 12.2 Å². The molecule has 0 aromatic rings. The lowest BCUT2D eigenvalue weighted by Crippen LogP contribution is -2.22. The van der Waals surface area contributed by atoms with Crippen LogP contribution in [0, 0.1) is 49.4 Å². The van der Waals surface area contributed by atoms with Crippen molar-refractivity contribution in [1.82, 2.24) is 0 Å². The topological polar surface area (TPSA) is 52.6 Å². The molecule has 0 spiro atoms. The molecule has 0 saturated heterocycles. The van der Waals surface area contributed by atoms with Crippen molar-refractivity contribution in [3.05, 3.63) is 0 Å². The Balaban J connectivity index is 4.25. The van der Waals surface area contributed by atoms with Gasteiger partial charge in [-0.25, -0.2) is 0 Å². The molecule has 0 saturated carbocycles. The number of terminal acetylenes is 4. The van der Waals surface area contributed by atoms with Gasteiger partial charge < -0.3 is 9.47 Å². The fourth-order valence-corrected chi connectivity index (χ4v) is 1.00. The normalized spacial score (nSPS) is 11.6. The average Bonchev–Trinajstić information content (AvgIpc) is 2.37. The lowest BCUT2D eigenvalue weighted by atomic mass is 10.2. The van der Waals surface area contributed by atoms with Crippen LogP contribution in [0.25, 0.3) is 0 Å². The first-order valence-electron chi connectivity index (χ1n) is 5.25. The fourth-order valence-electron chi connectivity index (χ4n) is 1.00. The van der Waals surface area contributed by atoms with Crippen LogP contribution in [0.15, 0.2) is 0 Å². The summed E-state index contributed by atoms with van der Waals surface area (Å²) >= 11 is 0. The van der Waals surface area contributed by atoms with Gasteiger partial charge in [0.2, 0.25) is 0 Å². The fraction of sp³-hybridized carbons (Fsp3) is 0.333. The van der Waals surface area contributed by atoms with E-state index in [0.29, 0.717) is 0 Å². The number of carbonyl (C=O) groups excluding carboxylic acids is 2. The lowest BCUT2D eigenvalue weighted by molar-refractivity contribution is -0.157. The van der Waals surface area contributed by atoms with Gasteiger partial charge in [0.1, 0.15) is 6.42 Å². The van der Waals surface area contributed by atoms with Gasteiger partial charge in [0.25, 0.3) is 0 Å². The zero-order chi connectivity index (χ0) is 14.7. The third-order valence-electron chi connectivity index (χ3n) is 1.81. The molecule has 0 N–H and O–H groups in total. The predicted octanol–water partition coefficient (Wildman–Crippen LogP) is 0.513. The maximum absolute atomic E-state index is 11.3. The summed E-state index contributed by atoms with van der Waals surface area (Å²) in [6.07, 6.45) is 18.1. The van der Waals surface area contributed by atoms with Crippen LogP contribution in [0.4, 0.5) is 0 Å². The van der Waals surface area contributed by atoms with E-state index < -0.39 is 30.6 Å². The molecular formula is C15H12O4. The number of rotatable bonds is 6. The Kier molecular flexibility index (Phi) is 7.86. The highest BCUT2D eigenvalue weighted by Crippen LogP contribution is 2.03. The molecule has 0 rings (SSSR count). The van der Waals surface area contributed by atoms with Gasteiger partial charge in [-0.3, -0.25) is 9.59 Å². The molecule has 2 atom stereocenters. The Labute approximate surface area is 112 Å². The first-order valence-corrected chi connectivity index (χ1v) is 5.25. The Morgan fingerprint density at radius 3 is 1.47 bits per heavy atom. The van der Waals surface area contributed by atoms with Crippen LogP contribution in [0.5, 0.6) is 0 Å². The quantitative estimate of drug-likeness (QED) is 0.395. The molecule has 0 aliphatic heterocycles. The Morgan fingerprint density at radius 1 is 0.842 bits per heavy atom. The molecule has 0 aromatic heterocycles. The van der Waals surface area contributed by atoms with Crippen molar-refractivity contribution < 1.29 is 19.1 Å². The van der Waals surface area contributed by atoms with E-state index in [9.17, 15) is 9.59 Å². The van der Waals surface area contributed by atoms with Gasteiger partial charge in [0.05, 0.1) is 12.8 Å². The molecule has 19 heavy (non-hydrogen) atoms. The van der Waals surface area contributed by atoms with E-state index in [0.717, 1.165) is 0 Å². The summed E-state index contributed by atoms with van der Waals surface area (Å²) < 4.78 is 9.55. The van der Waals surface area contributed by atoms with E-state index in [1.807, 2.05) is 0 Å². The SMILES string of the molecule is C#CCC(C#C)OC(=O)CC(=O)OC(C#C)CC#C. The molecule has 0 radical (unpaired) electrons. The van der Waals surface area contributed by atoms with Crippen molar-refractivity contribution in [3.8, 4) is 49.4 Å². The minimum atomic E-state index is -0.862. The van der Waals surface area contributed by atoms with Gasteiger partial charge in [-0.15, -0.1) is 37.5 Å². The van der Waals surface area contributed by atoms with Crippen molar-refractivity contribution in [2.75, 3.05) is 0 Å². The summed E-state index contributed by atoms with van der Waals surface area (Å²) in [5.41, 5.74) is 0. The maximum Gasteiger partial charge on any atom is 0.318 e. The summed E-state index contributed by atoms with van der Waals surface area (Å²) in [7, 11) is 0. The number of hydrogen-bond acceptors (Lipinski definition) is 4. The van der Waals surface area contributed by atoms with E-state index in [-0.39, 0.29) is 12.8 Å². The summed E-state index contributed by atoms with van der Waals surface area (Å²) in [5, 5.41) is 0. The van der Waals surface area contributed by atoms with Gasteiger partial charge in [0, 0.05) is 0 Å². The second-order valence-electron chi connectivity index (χ2n) is 3.28. The number of carbonyl (C=O) groups is 2. The van der Waals surface area contributed by atoms with E-state index in [4.69, 9.17) is 35.2 Å². The predicted molar refractivity (Wildman–Crippen MR) is 68.9 cm³/mol. The van der Waals surface area contributed by atoms with Crippen molar-refractivity contribution in [2.45, 2.75) is 31.5 Å². The second-order valence-corrected chi connectivity index (χ2v) is 3.28. The molecular weight excluding hydrogens is 244 g/mol. The minimum absolute atomic E-state index is 0.0708. The summed E-state index contributed by atoms with van der Waals surface area (Å²) in [4.78, 5) is 22.7. The van der Waals surface area contributed by atoms with Gasteiger partial charge in [-0.1, -0.05) is 11.8 Å². The highest BCUT2D eigenvalue weighted by Gasteiger charge is 2.18. The van der Waals surface area contributed by atoms with Crippen LogP contribution in [0.1, 0.15) is 19.3 Å². The molecule has 0 aliphatic rings. The smallest absolute Gasteiger partial charge is 0.318 e. The van der Waals surface area contributed by atoms with E-state index >= 15 is 0 Å². The molecule has 4 heteroatoms. The van der Waals surface area contributed by atoms with Crippen molar-refractivity contribution in [2.24, 2.45) is 0 Å². The Bertz CT molecular complexity index is 444. The van der Waals surface area contributed by atoms with E-state index in [1.165, 1.54) is 0 Å². The monoisotopic (exact) mass is 256 g/mol. The zero-order valence-corrected chi connectivity index (χ0v) is 10.2. The lowest BCUT2D eigenvalue weighted by Gasteiger charge is -2.11. The standard InChI is InChI=1S/C15H12O4/c1-5-9-12(7-3)18-14(16)11-15(17)19-13(8-4)10-6-2/h1-4,12-13H,9-11H2. The summed E-state index contributed by atoms with van der Waals surface area (Å²) in [6.45, 7) is 0. The number of esters is 2. The van der Waals surface area contributed by atoms with Crippen LogP contribution in [0.2, 0.25) is 0 Å². The molecule has 0 amide bonds. The second kappa shape index (κ2) is 9.23. The zero-order valence-electron chi connectivity index (χ0n) is 10.2. The Hall–Kier alpha value is -2.82. The number of hydrogen-bond donors (Lipinski definition) is 0. The summed E-state index contributed by atoms with van der Waals surface area (Å²) in [6, 6.07) is 0. The molecule has 96 valence electrons. The molecule has 0 fully saturated rings. The largest absolute Gasteiger partial charge is 0.448 e. The first kappa shape index (κ1) is 16.2. The number of ether oxygens (including phenoxy) is 2. The van der Waals surface area contributed by atoms with Crippen LogP contribution in [-0.4, -0.2) is 24.1 Å². The van der Waals surface area contributed by atoms with Crippen LogP contribution in [-0.2, 0) is 19.1 Å². The van der Waals surface area contributed by atoms with Gasteiger partial charge in [-0.2, -0.15) is 0 Å². The first-order chi connectivity index (χ1) is 9.07. The third-order valence-corrected chi connectivity index (χ3v) is 1.81. The van der Waals surface area contributed by atoms with Crippen LogP contribution in [0.3, 0.4) is 0 Å². The van der Waals surface area contributed by atoms with Crippen LogP contribution < -0.4 is 0 Å². The summed E-state index contributed by atoms with van der Waals surface area (Å²) in [5.74, 6) is 7.20. The van der Waals surface area contributed by atoms with Crippen molar-refractivity contribution in [1.29, 1.82) is 0 Å². The minimum Gasteiger partial charge on any atom is -0.448 e. The molecule has 0 heterocycles. The highest BCUT2D eigenvalue weighted by atomic mass is 16.6. The van der Waals surface area contributed by atoms with Gasteiger partial charge >= 0.3 is 11.9 Å². The molecule has 0 aromatic carbocycles. The Morgan fingerprint density at radius 2 is 1.21 bits per heavy atom. The molecule has 0 aliphatic carbocycles. The molecule has 2 unspecified atom stereocenters. The van der Waals surface area contributed by atoms with Gasteiger partial charge in [-0.05, 0) is 0 Å². The van der Waals surface area contributed by atoms with E-state index in [2.05, 4.69) is 23.7 Å². The van der Waals surface area contributed by atoms with E-state index in [1.54, 1.807) is 0 Å². The molecule has 4 nitrogen and oxygen atoms in total. The molecule has 0 bridgehead atoms. The van der Waals surface area contributed by atoms with Crippen LogP contribution >= 0.6 is 0 Å². The average molecular weight is 256 g/mol. The maximum atomic E-state index is 11.3. The third kappa shape index (κ3) is 7.17. The van der Waals surface area contributed by atoms with Crippen molar-refractivity contribution >= 4 is 11.9 Å². The highest BCUT2D eigenvalue weighted by molar-refractivity contribution is 5.91.